The Morgan fingerprint density at radius 2 is 1.80 bits per heavy atom. The first-order valence-electron chi connectivity index (χ1n) is 8.15. The predicted octanol–water partition coefficient (Wildman–Crippen LogP) is 5.83. The Morgan fingerprint density at radius 3 is 2.40 bits per heavy atom. The van der Waals surface area contributed by atoms with E-state index in [0.29, 0.717) is 12.3 Å². The van der Waals surface area contributed by atoms with Gasteiger partial charge in [0.15, 0.2) is 0 Å². The zero-order valence-electron chi connectivity index (χ0n) is 12.7. The molecule has 1 aromatic carbocycles. The third-order valence-electron chi connectivity index (χ3n) is 4.45. The lowest BCUT2D eigenvalue weighted by molar-refractivity contribution is 0.375. The van der Waals surface area contributed by atoms with E-state index in [9.17, 15) is 4.39 Å². The van der Waals surface area contributed by atoms with Gasteiger partial charge in [0.05, 0.1) is 6.67 Å². The van der Waals surface area contributed by atoms with Gasteiger partial charge in [0.2, 0.25) is 0 Å². The average molecular weight is 274 g/mol. The molecule has 0 atom stereocenters. The van der Waals surface area contributed by atoms with Gasteiger partial charge in [-0.3, -0.25) is 4.39 Å². The molecule has 2 rings (SSSR count). The van der Waals surface area contributed by atoms with Gasteiger partial charge in [-0.05, 0) is 61.5 Å². The summed E-state index contributed by atoms with van der Waals surface area (Å²) in [5, 5.41) is 0. The van der Waals surface area contributed by atoms with Crippen molar-refractivity contribution in [3.8, 4) is 0 Å². The molecule has 0 N–H and O–H groups in total. The smallest absolute Gasteiger partial charge is 0.0928 e. The van der Waals surface area contributed by atoms with E-state index in [1.807, 2.05) is 6.08 Å². The van der Waals surface area contributed by atoms with Crippen molar-refractivity contribution in [3.05, 3.63) is 47.5 Å². The van der Waals surface area contributed by atoms with Crippen LogP contribution in [0, 0.1) is 5.92 Å². The number of hydrogen-bond acceptors (Lipinski definition) is 0. The maximum atomic E-state index is 12.1. The molecule has 1 aromatic rings. The fourth-order valence-corrected chi connectivity index (χ4v) is 3.24. The Morgan fingerprint density at radius 1 is 1.10 bits per heavy atom. The molecule has 1 fully saturated rings. The summed E-state index contributed by atoms with van der Waals surface area (Å²) in [4.78, 5) is 0. The van der Waals surface area contributed by atoms with Crippen molar-refractivity contribution in [1.82, 2.24) is 0 Å². The molecule has 0 radical (unpaired) electrons. The highest BCUT2D eigenvalue weighted by Gasteiger charge is 2.20. The van der Waals surface area contributed by atoms with Crippen LogP contribution >= 0.6 is 0 Å². The van der Waals surface area contributed by atoms with Crippen molar-refractivity contribution in [2.75, 3.05) is 6.67 Å². The predicted molar refractivity (Wildman–Crippen MR) is 84.9 cm³/mol. The number of benzene rings is 1. The van der Waals surface area contributed by atoms with Gasteiger partial charge in [0, 0.05) is 0 Å². The third kappa shape index (κ3) is 4.47. The van der Waals surface area contributed by atoms with E-state index < -0.39 is 0 Å². The zero-order valence-corrected chi connectivity index (χ0v) is 12.7. The minimum atomic E-state index is -0.226. The molecule has 0 aliphatic heterocycles. The molecule has 0 nitrogen and oxygen atoms in total. The first-order valence-corrected chi connectivity index (χ1v) is 8.15. The summed E-state index contributed by atoms with van der Waals surface area (Å²) in [6.07, 6.45) is 12.3. The van der Waals surface area contributed by atoms with Gasteiger partial charge in [0.1, 0.15) is 0 Å². The third-order valence-corrected chi connectivity index (χ3v) is 4.45. The van der Waals surface area contributed by atoms with Crippen LogP contribution in [0.3, 0.4) is 0 Å². The molecule has 1 heteroatoms. The number of halogens is 1. The molecule has 110 valence electrons. The quantitative estimate of drug-likeness (QED) is 0.573. The van der Waals surface area contributed by atoms with Crippen molar-refractivity contribution < 1.29 is 4.39 Å². The lowest BCUT2D eigenvalue weighted by Crippen LogP contribution is -2.11. The second-order valence-corrected chi connectivity index (χ2v) is 6.01. The highest BCUT2D eigenvalue weighted by atomic mass is 19.1. The molecule has 0 bridgehead atoms. The molecule has 0 heterocycles. The molecular formula is C19H27F. The van der Waals surface area contributed by atoms with Gasteiger partial charge < -0.3 is 0 Å². The number of allylic oxidation sites excluding steroid dienone is 2. The van der Waals surface area contributed by atoms with Crippen molar-refractivity contribution >= 4 is 0 Å². The van der Waals surface area contributed by atoms with E-state index in [1.165, 1.54) is 49.7 Å². The minimum absolute atomic E-state index is 0.226. The van der Waals surface area contributed by atoms with Crippen LogP contribution in [0.4, 0.5) is 4.39 Å². The molecule has 0 spiro atoms. The van der Waals surface area contributed by atoms with Crippen molar-refractivity contribution in [3.63, 3.8) is 0 Å². The highest BCUT2D eigenvalue weighted by Crippen LogP contribution is 2.36. The largest absolute Gasteiger partial charge is 0.251 e. The SMILES string of the molecule is CCCc1ccc(C2CCC(/C=C/CCF)CC2)cc1. The van der Waals surface area contributed by atoms with Gasteiger partial charge >= 0.3 is 0 Å². The van der Waals surface area contributed by atoms with E-state index in [4.69, 9.17) is 0 Å². The standard InChI is InChI=1S/C19H27F/c1-2-5-16-7-11-18(12-8-16)19-13-9-17(10-14-19)6-3-4-15-20/h3,6-8,11-12,17,19H,2,4-5,9-10,13-15H2,1H3/b6-3+. The van der Waals surface area contributed by atoms with Crippen molar-refractivity contribution in [1.29, 1.82) is 0 Å². The normalized spacial score (nSPS) is 23.3. The molecule has 20 heavy (non-hydrogen) atoms. The first kappa shape index (κ1) is 15.3. The van der Waals surface area contributed by atoms with E-state index in [-0.39, 0.29) is 6.67 Å². The van der Waals surface area contributed by atoms with E-state index >= 15 is 0 Å². The Balaban J connectivity index is 1.83. The summed E-state index contributed by atoms with van der Waals surface area (Å²) >= 11 is 0. The average Bonchev–Trinajstić information content (AvgIpc) is 2.49. The first-order chi connectivity index (χ1) is 9.83. The van der Waals surface area contributed by atoms with Crippen LogP contribution in [0.1, 0.15) is 62.5 Å². The lowest BCUT2D eigenvalue weighted by Gasteiger charge is -2.27. The number of aryl methyl sites for hydroxylation is 1. The Kier molecular flexibility index (Phi) is 6.29. The van der Waals surface area contributed by atoms with Crippen LogP contribution in [-0.2, 0) is 6.42 Å². The van der Waals surface area contributed by atoms with Crippen LogP contribution in [0.25, 0.3) is 0 Å². The number of rotatable bonds is 6. The van der Waals surface area contributed by atoms with Crippen LogP contribution in [0.5, 0.6) is 0 Å². The fourth-order valence-electron chi connectivity index (χ4n) is 3.24. The Hall–Kier alpha value is -1.11. The maximum Gasteiger partial charge on any atom is 0.0928 e. The zero-order chi connectivity index (χ0) is 14.2. The molecule has 0 aromatic heterocycles. The van der Waals surface area contributed by atoms with Crippen molar-refractivity contribution in [2.24, 2.45) is 5.92 Å². The maximum absolute atomic E-state index is 12.1. The Bertz CT molecular complexity index is 396. The van der Waals surface area contributed by atoms with Crippen LogP contribution in [0.15, 0.2) is 36.4 Å². The molecule has 1 aliphatic rings. The number of alkyl halides is 1. The second kappa shape index (κ2) is 8.24. The Labute approximate surface area is 123 Å². The summed E-state index contributed by atoms with van der Waals surface area (Å²) < 4.78 is 12.1. The van der Waals surface area contributed by atoms with E-state index in [1.54, 1.807) is 0 Å². The summed E-state index contributed by atoms with van der Waals surface area (Å²) in [6, 6.07) is 9.25. The van der Waals surface area contributed by atoms with Crippen molar-refractivity contribution in [2.45, 2.75) is 57.8 Å². The summed E-state index contributed by atoms with van der Waals surface area (Å²) in [5.41, 5.74) is 2.97. The molecule has 0 amide bonds. The topological polar surface area (TPSA) is 0 Å². The van der Waals surface area contributed by atoms with Gasteiger partial charge in [-0.15, -0.1) is 0 Å². The van der Waals surface area contributed by atoms with Crippen LogP contribution in [-0.4, -0.2) is 6.67 Å². The van der Waals surface area contributed by atoms with Gasteiger partial charge in [-0.2, -0.15) is 0 Å². The van der Waals surface area contributed by atoms with Crippen LogP contribution in [0.2, 0.25) is 0 Å². The van der Waals surface area contributed by atoms with E-state index in [0.717, 1.165) is 5.92 Å². The molecular weight excluding hydrogens is 247 g/mol. The summed E-state index contributed by atoms with van der Waals surface area (Å²) in [5.74, 6) is 1.41. The molecule has 1 aliphatic carbocycles. The minimum Gasteiger partial charge on any atom is -0.251 e. The summed E-state index contributed by atoms with van der Waals surface area (Å²) in [6.45, 7) is 2.00. The lowest BCUT2D eigenvalue weighted by atomic mass is 9.78. The van der Waals surface area contributed by atoms with Crippen LogP contribution < -0.4 is 0 Å². The second-order valence-electron chi connectivity index (χ2n) is 6.01. The fraction of sp³-hybridized carbons (Fsp3) is 0.579. The molecule has 0 saturated heterocycles. The highest BCUT2D eigenvalue weighted by molar-refractivity contribution is 5.26. The number of hydrogen-bond donors (Lipinski definition) is 0. The van der Waals surface area contributed by atoms with Gasteiger partial charge in [0.25, 0.3) is 0 Å². The van der Waals surface area contributed by atoms with E-state index in [2.05, 4.69) is 37.3 Å². The van der Waals surface area contributed by atoms with Gasteiger partial charge in [-0.1, -0.05) is 49.8 Å². The van der Waals surface area contributed by atoms with Gasteiger partial charge in [-0.25, -0.2) is 0 Å². The molecule has 0 unspecified atom stereocenters. The monoisotopic (exact) mass is 274 g/mol. The molecule has 1 saturated carbocycles. The summed E-state index contributed by atoms with van der Waals surface area (Å²) in [7, 11) is 0.